The number of nitrogens with one attached hydrogen (secondary N) is 1. The van der Waals surface area contributed by atoms with Gasteiger partial charge in [0.2, 0.25) is 0 Å². The zero-order chi connectivity index (χ0) is 9.26. The molecule has 1 fully saturated rings. The van der Waals surface area contributed by atoms with E-state index in [0.29, 0.717) is 5.92 Å². The van der Waals surface area contributed by atoms with Crippen LogP contribution in [-0.4, -0.2) is 13.2 Å². The molecule has 2 atom stereocenters. The molecule has 2 rings (SSSR count). The number of rotatable bonds is 1. The molecule has 0 amide bonds. The van der Waals surface area contributed by atoms with E-state index in [1.54, 1.807) is 11.3 Å². The third-order valence-corrected chi connectivity index (χ3v) is 3.72. The number of thiophene rings is 1. The van der Waals surface area contributed by atoms with Crippen LogP contribution in [0.15, 0.2) is 15.9 Å². The highest BCUT2D eigenvalue weighted by Crippen LogP contribution is 2.29. The minimum absolute atomic E-state index is 0. The highest BCUT2D eigenvalue weighted by atomic mass is 79.9. The Morgan fingerprint density at radius 3 is 2.86 bits per heavy atom. The van der Waals surface area contributed by atoms with Crippen molar-refractivity contribution in [3.63, 3.8) is 0 Å². The van der Waals surface area contributed by atoms with Crippen molar-refractivity contribution in [1.82, 2.24) is 5.32 Å². The van der Waals surface area contributed by atoms with E-state index in [0.717, 1.165) is 16.9 Å². The van der Waals surface area contributed by atoms with Gasteiger partial charge >= 0.3 is 0 Å². The van der Waals surface area contributed by atoms with Crippen molar-refractivity contribution in [2.45, 2.75) is 13.2 Å². The molecule has 1 aliphatic heterocycles. The van der Waals surface area contributed by atoms with Gasteiger partial charge in [0, 0.05) is 11.4 Å². The molecule has 14 heavy (non-hydrogen) atoms. The SMILES string of the molecule is CC1CNC(c2ccc(Br)s2)OC1.Cl. The van der Waals surface area contributed by atoms with Crippen molar-refractivity contribution in [3.8, 4) is 0 Å². The van der Waals surface area contributed by atoms with Crippen molar-refractivity contribution in [3.05, 3.63) is 20.8 Å². The van der Waals surface area contributed by atoms with E-state index < -0.39 is 0 Å². The number of ether oxygens (including phenoxy) is 1. The number of halogens is 2. The molecular weight excluding hydrogens is 286 g/mol. The van der Waals surface area contributed by atoms with Crippen LogP contribution in [0.3, 0.4) is 0 Å². The van der Waals surface area contributed by atoms with Gasteiger partial charge in [-0.25, -0.2) is 0 Å². The van der Waals surface area contributed by atoms with Crippen LogP contribution in [0.25, 0.3) is 0 Å². The number of hydrogen-bond donors (Lipinski definition) is 1. The summed E-state index contributed by atoms with van der Waals surface area (Å²) >= 11 is 5.17. The Hall–Kier alpha value is 0.390. The van der Waals surface area contributed by atoms with E-state index in [-0.39, 0.29) is 18.6 Å². The fourth-order valence-corrected chi connectivity index (χ4v) is 2.79. The highest BCUT2D eigenvalue weighted by molar-refractivity contribution is 9.11. The van der Waals surface area contributed by atoms with Gasteiger partial charge < -0.3 is 4.74 Å². The van der Waals surface area contributed by atoms with E-state index in [9.17, 15) is 0 Å². The molecule has 0 aromatic carbocycles. The summed E-state index contributed by atoms with van der Waals surface area (Å²) in [5.74, 6) is 0.625. The van der Waals surface area contributed by atoms with Crippen LogP contribution < -0.4 is 5.32 Å². The molecule has 1 aromatic heterocycles. The monoisotopic (exact) mass is 297 g/mol. The van der Waals surface area contributed by atoms with Crippen LogP contribution in [0.5, 0.6) is 0 Å². The van der Waals surface area contributed by atoms with Crippen LogP contribution in [0, 0.1) is 5.92 Å². The maximum atomic E-state index is 5.67. The van der Waals surface area contributed by atoms with E-state index in [1.807, 2.05) is 0 Å². The summed E-state index contributed by atoms with van der Waals surface area (Å²) in [6.45, 7) is 4.08. The van der Waals surface area contributed by atoms with Gasteiger partial charge in [0.1, 0.15) is 6.23 Å². The molecule has 1 N–H and O–H groups in total. The maximum absolute atomic E-state index is 5.67. The second-order valence-corrected chi connectivity index (χ2v) is 5.86. The summed E-state index contributed by atoms with van der Waals surface area (Å²) in [5, 5.41) is 3.37. The molecule has 80 valence electrons. The third-order valence-electron chi connectivity index (χ3n) is 2.05. The third kappa shape index (κ3) is 2.94. The summed E-state index contributed by atoms with van der Waals surface area (Å²) in [5.41, 5.74) is 0. The first-order valence-corrected chi connectivity index (χ1v) is 5.97. The Morgan fingerprint density at radius 1 is 1.57 bits per heavy atom. The summed E-state index contributed by atoms with van der Waals surface area (Å²) in [4.78, 5) is 1.25. The summed E-state index contributed by atoms with van der Waals surface area (Å²) in [6, 6.07) is 4.16. The zero-order valence-electron chi connectivity index (χ0n) is 7.83. The maximum Gasteiger partial charge on any atom is 0.143 e. The van der Waals surface area contributed by atoms with Gasteiger partial charge in [-0.2, -0.15) is 0 Å². The first-order chi connectivity index (χ1) is 6.25. The smallest absolute Gasteiger partial charge is 0.143 e. The molecule has 2 nitrogen and oxygen atoms in total. The Balaban J connectivity index is 0.000000980. The molecule has 0 saturated carbocycles. The predicted molar refractivity (Wildman–Crippen MR) is 65.1 cm³/mol. The lowest BCUT2D eigenvalue weighted by Gasteiger charge is -2.27. The van der Waals surface area contributed by atoms with Crippen LogP contribution in [0.4, 0.5) is 0 Å². The van der Waals surface area contributed by atoms with Gasteiger partial charge in [-0.05, 0) is 34.0 Å². The Morgan fingerprint density at radius 2 is 2.36 bits per heavy atom. The van der Waals surface area contributed by atoms with Crippen molar-refractivity contribution in [2.75, 3.05) is 13.2 Å². The summed E-state index contributed by atoms with van der Waals surface area (Å²) < 4.78 is 6.83. The number of hydrogen-bond acceptors (Lipinski definition) is 3. The Kier molecular flexibility index (Phi) is 4.87. The normalized spacial score (nSPS) is 27.0. The van der Waals surface area contributed by atoms with Crippen molar-refractivity contribution in [1.29, 1.82) is 0 Å². The van der Waals surface area contributed by atoms with Crippen LogP contribution in [0.2, 0.25) is 0 Å². The van der Waals surface area contributed by atoms with Gasteiger partial charge in [0.15, 0.2) is 0 Å². The summed E-state index contributed by atoms with van der Waals surface area (Å²) in [7, 11) is 0. The molecule has 0 bridgehead atoms. The van der Waals surface area contributed by atoms with E-state index >= 15 is 0 Å². The summed E-state index contributed by atoms with van der Waals surface area (Å²) in [6.07, 6.45) is 0.104. The quantitative estimate of drug-likeness (QED) is 0.860. The molecule has 1 saturated heterocycles. The van der Waals surface area contributed by atoms with Gasteiger partial charge in [-0.15, -0.1) is 23.7 Å². The average Bonchev–Trinajstić information content (AvgIpc) is 2.53. The van der Waals surface area contributed by atoms with Crippen LogP contribution >= 0.6 is 39.7 Å². The van der Waals surface area contributed by atoms with Gasteiger partial charge in [-0.1, -0.05) is 6.92 Å². The lowest BCUT2D eigenvalue weighted by molar-refractivity contribution is -0.0233. The average molecular weight is 299 g/mol. The Labute approximate surface area is 103 Å². The van der Waals surface area contributed by atoms with Gasteiger partial charge in [-0.3, -0.25) is 5.32 Å². The molecule has 2 heterocycles. The molecule has 0 radical (unpaired) electrons. The van der Waals surface area contributed by atoms with Crippen LogP contribution in [0.1, 0.15) is 18.0 Å². The fourth-order valence-electron chi connectivity index (χ4n) is 1.34. The van der Waals surface area contributed by atoms with E-state index in [4.69, 9.17) is 4.74 Å². The lowest BCUT2D eigenvalue weighted by atomic mass is 10.2. The molecular formula is C9H13BrClNOS. The van der Waals surface area contributed by atoms with Gasteiger partial charge in [0.25, 0.3) is 0 Å². The molecule has 0 aliphatic carbocycles. The standard InChI is InChI=1S/C9H12BrNOS.ClH/c1-6-4-11-9(12-5-6)7-2-3-8(10)13-7;/h2-3,6,9,11H,4-5H2,1H3;1H. The lowest BCUT2D eigenvalue weighted by Crippen LogP contribution is -2.36. The minimum Gasteiger partial charge on any atom is -0.358 e. The predicted octanol–water partition coefficient (Wildman–Crippen LogP) is 3.19. The second kappa shape index (κ2) is 5.47. The minimum atomic E-state index is 0. The molecule has 1 aliphatic rings. The first-order valence-electron chi connectivity index (χ1n) is 4.36. The van der Waals surface area contributed by atoms with Crippen molar-refractivity contribution < 1.29 is 4.74 Å². The molecule has 5 heteroatoms. The topological polar surface area (TPSA) is 21.3 Å². The van der Waals surface area contributed by atoms with Gasteiger partial charge in [0.05, 0.1) is 10.4 Å². The largest absolute Gasteiger partial charge is 0.358 e. The molecule has 0 spiro atoms. The fraction of sp³-hybridized carbons (Fsp3) is 0.556. The molecule has 2 unspecified atom stereocenters. The van der Waals surface area contributed by atoms with Crippen molar-refractivity contribution >= 4 is 39.7 Å². The Bertz CT molecular complexity index is 286. The van der Waals surface area contributed by atoms with Crippen LogP contribution in [-0.2, 0) is 4.74 Å². The first kappa shape index (κ1) is 12.5. The second-order valence-electron chi connectivity index (χ2n) is 3.37. The molecule has 1 aromatic rings. The highest BCUT2D eigenvalue weighted by Gasteiger charge is 2.20. The zero-order valence-corrected chi connectivity index (χ0v) is 11.0. The van der Waals surface area contributed by atoms with E-state index in [1.165, 1.54) is 4.88 Å². The van der Waals surface area contributed by atoms with E-state index in [2.05, 4.69) is 40.3 Å². The van der Waals surface area contributed by atoms with Crippen molar-refractivity contribution in [2.24, 2.45) is 5.92 Å².